The van der Waals surface area contributed by atoms with Crippen LogP contribution in [0.25, 0.3) is 0 Å². The van der Waals surface area contributed by atoms with Crippen molar-refractivity contribution in [3.63, 3.8) is 0 Å². The molecule has 0 radical (unpaired) electrons. The normalized spacial score (nSPS) is 15.5. The first kappa shape index (κ1) is 21.4. The van der Waals surface area contributed by atoms with E-state index in [1.807, 2.05) is 47.4 Å². The van der Waals surface area contributed by atoms with Crippen molar-refractivity contribution in [2.24, 2.45) is 0 Å². The Morgan fingerprint density at radius 3 is 2.39 bits per heavy atom. The first-order valence-electron chi connectivity index (χ1n) is 11.2. The number of hydrogen-bond acceptors (Lipinski definition) is 2. The van der Waals surface area contributed by atoms with Crippen molar-refractivity contribution < 1.29 is 9.53 Å². The number of ether oxygens (including phenoxy) is 1. The minimum atomic E-state index is -0.172. The van der Waals surface area contributed by atoms with E-state index in [1.165, 1.54) is 0 Å². The van der Waals surface area contributed by atoms with Gasteiger partial charge in [-0.1, -0.05) is 54.1 Å². The number of fused-ring (bicyclic) bond motifs is 1. The molecule has 1 aliphatic heterocycles. The van der Waals surface area contributed by atoms with Crippen LogP contribution in [0.1, 0.15) is 39.6 Å². The van der Waals surface area contributed by atoms with Gasteiger partial charge >= 0.3 is 0 Å². The maximum absolute atomic E-state index is 13.6. The van der Waals surface area contributed by atoms with Gasteiger partial charge < -0.3 is 14.2 Å². The van der Waals surface area contributed by atoms with Gasteiger partial charge in [0.1, 0.15) is 12.4 Å². The first-order chi connectivity index (χ1) is 16.2. The summed E-state index contributed by atoms with van der Waals surface area (Å²) in [5.41, 5.74) is 3.95. The minimum Gasteiger partial charge on any atom is -0.489 e. The number of aromatic nitrogens is 1. The molecule has 1 amide bonds. The van der Waals surface area contributed by atoms with Crippen LogP contribution in [0.2, 0.25) is 5.02 Å². The molecule has 33 heavy (non-hydrogen) atoms. The second-order valence-corrected chi connectivity index (χ2v) is 8.67. The lowest BCUT2D eigenvalue weighted by Crippen LogP contribution is -2.35. The molecule has 2 heterocycles. The van der Waals surface area contributed by atoms with E-state index in [4.69, 9.17) is 16.3 Å². The lowest BCUT2D eigenvalue weighted by atomic mass is 10.0. The van der Waals surface area contributed by atoms with Crippen LogP contribution in [-0.4, -0.2) is 21.9 Å². The van der Waals surface area contributed by atoms with Crippen molar-refractivity contribution in [1.29, 1.82) is 0 Å². The fourth-order valence-electron chi connectivity index (χ4n) is 4.39. The molecule has 1 atom stereocenters. The number of benzene rings is 3. The molecule has 0 aliphatic carbocycles. The van der Waals surface area contributed by atoms with Crippen molar-refractivity contribution in [2.45, 2.75) is 25.6 Å². The van der Waals surface area contributed by atoms with E-state index in [2.05, 4.69) is 35.0 Å². The third-order valence-electron chi connectivity index (χ3n) is 6.05. The van der Waals surface area contributed by atoms with Crippen LogP contribution in [0.3, 0.4) is 0 Å². The van der Waals surface area contributed by atoms with Crippen molar-refractivity contribution in [3.8, 4) is 5.75 Å². The Bertz CT molecular complexity index is 1220. The summed E-state index contributed by atoms with van der Waals surface area (Å²) in [5.74, 6) is 0.818. The summed E-state index contributed by atoms with van der Waals surface area (Å²) in [6.07, 6.45) is 2.99. The van der Waals surface area contributed by atoms with Gasteiger partial charge in [-0.15, -0.1) is 0 Å². The van der Waals surface area contributed by atoms with E-state index in [0.717, 1.165) is 35.5 Å². The molecule has 166 valence electrons. The van der Waals surface area contributed by atoms with Gasteiger partial charge in [-0.25, -0.2) is 0 Å². The van der Waals surface area contributed by atoms with Crippen LogP contribution in [0.5, 0.6) is 5.75 Å². The predicted octanol–water partition coefficient (Wildman–Crippen LogP) is 6.36. The van der Waals surface area contributed by atoms with E-state index in [9.17, 15) is 4.79 Å². The molecule has 4 aromatic rings. The average molecular weight is 457 g/mol. The van der Waals surface area contributed by atoms with E-state index in [0.29, 0.717) is 23.7 Å². The van der Waals surface area contributed by atoms with Crippen LogP contribution in [0.15, 0.2) is 97.2 Å². The maximum atomic E-state index is 13.6. The van der Waals surface area contributed by atoms with Crippen molar-refractivity contribution >= 4 is 17.5 Å². The fourth-order valence-corrected chi connectivity index (χ4v) is 4.52. The third-order valence-corrected chi connectivity index (χ3v) is 6.30. The van der Waals surface area contributed by atoms with E-state index < -0.39 is 0 Å². The summed E-state index contributed by atoms with van der Waals surface area (Å²) in [5, 5.41) is 0.624. The van der Waals surface area contributed by atoms with Crippen LogP contribution in [0.4, 0.5) is 0 Å². The van der Waals surface area contributed by atoms with Crippen LogP contribution >= 0.6 is 11.6 Å². The zero-order valence-corrected chi connectivity index (χ0v) is 19.0. The number of amides is 1. The lowest BCUT2D eigenvalue weighted by molar-refractivity contribution is 0.0709. The first-order valence-corrected chi connectivity index (χ1v) is 11.5. The highest BCUT2D eigenvalue weighted by atomic mass is 35.5. The second-order valence-electron chi connectivity index (χ2n) is 8.23. The number of hydrogen-bond donors (Lipinski definition) is 0. The molecule has 0 N–H and O–H groups in total. The van der Waals surface area contributed by atoms with Gasteiger partial charge in [0, 0.05) is 35.6 Å². The van der Waals surface area contributed by atoms with Gasteiger partial charge in [-0.2, -0.15) is 0 Å². The fraction of sp³-hybridized carbons (Fsp3) is 0.179. The third kappa shape index (κ3) is 4.67. The molecular formula is C28H25ClN2O2. The summed E-state index contributed by atoms with van der Waals surface area (Å²) >= 11 is 6.04. The van der Waals surface area contributed by atoms with Crippen molar-refractivity contribution in [1.82, 2.24) is 9.47 Å². The SMILES string of the molecule is O=C(c1ccc(Cl)cc1)N1CCCn2cccc2C1c1ccc(OCc2ccccc2)cc1. The molecule has 5 heteroatoms. The molecule has 4 nitrogen and oxygen atoms in total. The molecule has 0 bridgehead atoms. The topological polar surface area (TPSA) is 34.5 Å². The Morgan fingerprint density at radius 2 is 1.64 bits per heavy atom. The maximum Gasteiger partial charge on any atom is 0.254 e. The summed E-state index contributed by atoms with van der Waals surface area (Å²) in [6, 6.07) is 29.3. The van der Waals surface area contributed by atoms with Gasteiger partial charge in [0.2, 0.25) is 0 Å². The Morgan fingerprint density at radius 1 is 0.879 bits per heavy atom. The van der Waals surface area contributed by atoms with Gasteiger partial charge in [-0.05, 0) is 66.1 Å². The van der Waals surface area contributed by atoms with Gasteiger partial charge in [0.25, 0.3) is 5.91 Å². The molecule has 0 saturated heterocycles. The number of carbonyl (C=O) groups excluding carboxylic acids is 1. The number of halogens is 1. The smallest absolute Gasteiger partial charge is 0.254 e. The zero-order chi connectivity index (χ0) is 22.6. The van der Waals surface area contributed by atoms with E-state index in [1.54, 1.807) is 24.3 Å². The summed E-state index contributed by atoms with van der Waals surface area (Å²) in [4.78, 5) is 15.5. The second kappa shape index (κ2) is 9.55. The van der Waals surface area contributed by atoms with Gasteiger partial charge in [-0.3, -0.25) is 4.79 Å². The summed E-state index contributed by atoms with van der Waals surface area (Å²) in [7, 11) is 0. The van der Waals surface area contributed by atoms with Gasteiger partial charge in [0.15, 0.2) is 0 Å². The highest BCUT2D eigenvalue weighted by Crippen LogP contribution is 2.34. The zero-order valence-electron chi connectivity index (χ0n) is 18.2. The molecule has 1 aliphatic rings. The Hall–Kier alpha value is -3.50. The number of rotatable bonds is 5. The van der Waals surface area contributed by atoms with Crippen molar-refractivity contribution in [3.05, 3.63) is 125 Å². The average Bonchev–Trinajstić information content (AvgIpc) is 3.24. The molecule has 0 saturated carbocycles. The Balaban J connectivity index is 1.43. The molecule has 0 spiro atoms. The van der Waals surface area contributed by atoms with Crippen LogP contribution in [0, 0.1) is 0 Å². The van der Waals surface area contributed by atoms with Gasteiger partial charge in [0.05, 0.1) is 6.04 Å². The standard InChI is InChI=1S/C28H25ClN2O2/c29-24-13-9-23(10-14-24)28(32)31-19-5-18-30-17-4-8-26(30)27(31)22-11-15-25(16-12-22)33-20-21-6-2-1-3-7-21/h1-4,6-17,27H,5,18-20H2. The quantitative estimate of drug-likeness (QED) is 0.350. The highest BCUT2D eigenvalue weighted by molar-refractivity contribution is 6.30. The minimum absolute atomic E-state index is 0.00993. The lowest BCUT2D eigenvalue weighted by Gasteiger charge is -2.31. The van der Waals surface area contributed by atoms with Crippen LogP contribution < -0.4 is 4.74 Å². The highest BCUT2D eigenvalue weighted by Gasteiger charge is 2.31. The van der Waals surface area contributed by atoms with E-state index >= 15 is 0 Å². The molecular weight excluding hydrogens is 432 g/mol. The predicted molar refractivity (Wildman–Crippen MR) is 131 cm³/mol. The summed E-state index contributed by atoms with van der Waals surface area (Å²) in [6.45, 7) is 2.09. The number of aryl methyl sites for hydroxylation is 1. The Kier molecular flexibility index (Phi) is 6.18. The number of nitrogens with zero attached hydrogens (tertiary/aromatic N) is 2. The monoisotopic (exact) mass is 456 g/mol. The number of carbonyl (C=O) groups is 1. The molecule has 0 fully saturated rings. The Labute approximate surface area is 199 Å². The van der Waals surface area contributed by atoms with E-state index in [-0.39, 0.29) is 11.9 Å². The molecule has 3 aromatic carbocycles. The van der Waals surface area contributed by atoms with Crippen molar-refractivity contribution in [2.75, 3.05) is 6.54 Å². The molecule has 5 rings (SSSR count). The largest absolute Gasteiger partial charge is 0.489 e. The molecule has 1 aromatic heterocycles. The summed E-state index contributed by atoms with van der Waals surface area (Å²) < 4.78 is 8.22. The van der Waals surface area contributed by atoms with Crippen LogP contribution in [-0.2, 0) is 13.2 Å². The molecule has 1 unspecified atom stereocenters.